The summed E-state index contributed by atoms with van der Waals surface area (Å²) < 4.78 is 11.8. The first-order valence-corrected chi connectivity index (χ1v) is 12.9. The first kappa shape index (κ1) is 26.3. The van der Waals surface area contributed by atoms with E-state index in [1.165, 1.54) is 6.92 Å². The van der Waals surface area contributed by atoms with Gasteiger partial charge in [0.1, 0.15) is 6.10 Å². The van der Waals surface area contributed by atoms with E-state index in [4.69, 9.17) is 9.47 Å². The fraction of sp³-hybridized carbons (Fsp3) is 0.567. The maximum absolute atomic E-state index is 14.1. The van der Waals surface area contributed by atoms with Crippen molar-refractivity contribution < 1.29 is 29.0 Å². The van der Waals surface area contributed by atoms with Crippen LogP contribution < -0.4 is 0 Å². The second-order valence-electron chi connectivity index (χ2n) is 11.6. The fourth-order valence-corrected chi connectivity index (χ4v) is 6.68. The van der Waals surface area contributed by atoms with Gasteiger partial charge in [-0.15, -0.1) is 0 Å². The average molecular weight is 495 g/mol. The molecule has 2 saturated carbocycles. The lowest BCUT2D eigenvalue weighted by molar-refractivity contribution is -0.178. The molecule has 1 aromatic carbocycles. The summed E-state index contributed by atoms with van der Waals surface area (Å²) in [5, 5.41) is 11.6. The minimum Gasteiger partial charge on any atom is -0.461 e. The van der Waals surface area contributed by atoms with E-state index in [0.29, 0.717) is 23.5 Å². The molecule has 4 rings (SSSR count). The first-order valence-electron chi connectivity index (χ1n) is 12.9. The van der Waals surface area contributed by atoms with Gasteiger partial charge in [0.15, 0.2) is 5.60 Å². The highest BCUT2D eigenvalue weighted by molar-refractivity contribution is 6.03. The van der Waals surface area contributed by atoms with E-state index >= 15 is 0 Å². The van der Waals surface area contributed by atoms with Crippen molar-refractivity contribution in [1.82, 2.24) is 0 Å². The monoisotopic (exact) mass is 494 g/mol. The minimum atomic E-state index is -1.63. The number of fused-ring (bicyclic) bond motifs is 2. The van der Waals surface area contributed by atoms with E-state index < -0.39 is 35.7 Å². The second-order valence-corrected chi connectivity index (χ2v) is 11.6. The Kier molecular flexibility index (Phi) is 7.04. The van der Waals surface area contributed by atoms with Gasteiger partial charge in [-0.25, -0.2) is 0 Å². The topological polar surface area (TPSA) is 89.9 Å². The van der Waals surface area contributed by atoms with Crippen LogP contribution in [0.4, 0.5) is 0 Å². The number of allylic oxidation sites excluding steroid dienone is 1. The Morgan fingerprint density at radius 1 is 1.19 bits per heavy atom. The maximum Gasteiger partial charge on any atom is 0.310 e. The molecule has 36 heavy (non-hydrogen) atoms. The maximum atomic E-state index is 14.1. The highest BCUT2D eigenvalue weighted by Crippen LogP contribution is 2.62. The molecule has 0 aliphatic heterocycles. The molecule has 2 fully saturated rings. The van der Waals surface area contributed by atoms with Crippen molar-refractivity contribution in [2.45, 2.75) is 78.1 Å². The first-order chi connectivity index (χ1) is 16.9. The highest BCUT2D eigenvalue weighted by atomic mass is 16.6. The van der Waals surface area contributed by atoms with Crippen LogP contribution in [-0.4, -0.2) is 40.6 Å². The molecule has 0 unspecified atom stereocenters. The molecule has 0 spiro atoms. The Morgan fingerprint density at radius 2 is 1.86 bits per heavy atom. The van der Waals surface area contributed by atoms with Crippen molar-refractivity contribution in [2.75, 3.05) is 0 Å². The van der Waals surface area contributed by atoms with Crippen LogP contribution in [0.25, 0.3) is 0 Å². The molecule has 1 aromatic rings. The minimum absolute atomic E-state index is 0.0540. The van der Waals surface area contributed by atoms with E-state index in [0.717, 1.165) is 12.0 Å². The molecule has 0 aromatic heterocycles. The Hall–Kier alpha value is -2.73. The molecule has 7 atom stereocenters. The van der Waals surface area contributed by atoms with Crippen LogP contribution >= 0.6 is 0 Å². The van der Waals surface area contributed by atoms with Crippen LogP contribution in [0.3, 0.4) is 0 Å². The van der Waals surface area contributed by atoms with Gasteiger partial charge in [-0.2, -0.15) is 0 Å². The molecule has 0 bridgehead atoms. The number of aliphatic hydroxyl groups excluding tert-OH is 1. The van der Waals surface area contributed by atoms with Crippen molar-refractivity contribution in [3.8, 4) is 0 Å². The number of hydrogen-bond acceptors (Lipinski definition) is 6. The average Bonchev–Trinajstić information content (AvgIpc) is 3.20. The molecule has 0 heterocycles. The summed E-state index contributed by atoms with van der Waals surface area (Å²) in [4.78, 5) is 39.4. The molecule has 0 saturated heterocycles. The molecule has 1 N–H and O–H groups in total. The van der Waals surface area contributed by atoms with Gasteiger partial charge in [-0.05, 0) is 59.6 Å². The zero-order valence-electron chi connectivity index (χ0n) is 22.0. The molecule has 3 aliphatic rings. The van der Waals surface area contributed by atoms with Crippen molar-refractivity contribution in [1.29, 1.82) is 0 Å². The number of carbonyl (C=O) groups is 3. The molecular weight excluding hydrogens is 456 g/mol. The lowest BCUT2D eigenvalue weighted by Crippen LogP contribution is -2.54. The van der Waals surface area contributed by atoms with Crippen LogP contribution in [0.15, 0.2) is 54.1 Å². The lowest BCUT2D eigenvalue weighted by Gasteiger charge is -2.38. The van der Waals surface area contributed by atoms with Crippen LogP contribution in [0.2, 0.25) is 0 Å². The van der Waals surface area contributed by atoms with Crippen molar-refractivity contribution in [3.63, 3.8) is 0 Å². The van der Waals surface area contributed by atoms with E-state index in [1.807, 2.05) is 43.3 Å². The van der Waals surface area contributed by atoms with Crippen LogP contribution in [0.5, 0.6) is 0 Å². The van der Waals surface area contributed by atoms with E-state index in [9.17, 15) is 19.5 Å². The smallest absolute Gasteiger partial charge is 0.310 e. The Bertz CT molecular complexity index is 1090. The molecule has 0 amide bonds. The number of ketones is 1. The van der Waals surface area contributed by atoms with Crippen molar-refractivity contribution in [2.24, 2.45) is 29.1 Å². The molecule has 194 valence electrons. The number of rotatable bonds is 4. The van der Waals surface area contributed by atoms with E-state index in [1.54, 1.807) is 6.92 Å². The predicted molar refractivity (Wildman–Crippen MR) is 136 cm³/mol. The van der Waals surface area contributed by atoms with Crippen LogP contribution in [0.1, 0.15) is 59.4 Å². The van der Waals surface area contributed by atoms with Gasteiger partial charge in [-0.1, -0.05) is 63.8 Å². The number of carbonyl (C=O) groups excluding carboxylic acids is 3. The molecule has 3 aliphatic carbocycles. The number of Topliss-reactive ketones (excluding diaryl/α,β-unsaturated/α-hetero) is 1. The third-order valence-corrected chi connectivity index (χ3v) is 8.71. The number of ether oxygens (including phenoxy) is 2. The number of benzene rings is 1. The number of esters is 2. The predicted octanol–water partition coefficient (Wildman–Crippen LogP) is 4.60. The zero-order valence-corrected chi connectivity index (χ0v) is 22.0. The summed E-state index contributed by atoms with van der Waals surface area (Å²) >= 11 is 0. The van der Waals surface area contributed by atoms with Gasteiger partial charge in [0.05, 0.1) is 18.4 Å². The van der Waals surface area contributed by atoms with Crippen molar-refractivity contribution >= 4 is 17.7 Å². The SMILES string of the molecule is C=C1CC[C@H]2[C@@H](/C=C(\C)C(=O)[C@@]3(OC(C)=O)C[C@H](C)[C@H](OC(=O)Cc4ccccc4)[C@H]3[C@H]1O)C2(C)C. The fourth-order valence-electron chi connectivity index (χ4n) is 6.68. The normalized spacial score (nSPS) is 37.0. The summed E-state index contributed by atoms with van der Waals surface area (Å²) in [5.41, 5.74) is 0.320. The number of hydrogen-bond donors (Lipinski definition) is 1. The van der Waals surface area contributed by atoms with Gasteiger partial charge in [0.2, 0.25) is 5.78 Å². The van der Waals surface area contributed by atoms with Crippen LogP contribution in [0, 0.1) is 29.1 Å². The Labute approximate surface area is 213 Å². The summed E-state index contributed by atoms with van der Waals surface area (Å²) in [6.45, 7) is 13.4. The largest absolute Gasteiger partial charge is 0.461 e. The Morgan fingerprint density at radius 3 is 2.50 bits per heavy atom. The number of aliphatic hydroxyl groups is 1. The summed E-state index contributed by atoms with van der Waals surface area (Å²) in [6, 6.07) is 9.26. The summed E-state index contributed by atoms with van der Waals surface area (Å²) in [6.07, 6.45) is 1.68. The second kappa shape index (κ2) is 9.62. The quantitative estimate of drug-likeness (QED) is 0.486. The Balaban J connectivity index is 1.73. The van der Waals surface area contributed by atoms with Gasteiger partial charge < -0.3 is 14.6 Å². The summed E-state index contributed by atoms with van der Waals surface area (Å²) in [7, 11) is 0. The standard InChI is InChI=1S/C30H38O6/c1-17-12-13-22-23(29(22,5)6)14-18(2)28(34)30(36-20(4)31)16-19(3)27(25(30)26(17)33)35-24(32)15-21-10-8-7-9-11-21/h7-11,14,19,22-23,25-27,33H,1,12-13,15-16H2,2-6H3/b18-14+/t19-,22-,23+,25+,26-,27-,30+/m0/s1. The van der Waals surface area contributed by atoms with Gasteiger partial charge >= 0.3 is 11.9 Å². The van der Waals surface area contributed by atoms with Crippen molar-refractivity contribution in [3.05, 3.63) is 59.7 Å². The third kappa shape index (κ3) is 4.68. The highest BCUT2D eigenvalue weighted by Gasteiger charge is 2.64. The van der Waals surface area contributed by atoms with Gasteiger partial charge in [0, 0.05) is 13.3 Å². The van der Waals surface area contributed by atoms with E-state index in [2.05, 4.69) is 20.4 Å². The van der Waals surface area contributed by atoms with E-state index in [-0.39, 0.29) is 35.9 Å². The summed E-state index contributed by atoms with van der Waals surface area (Å²) in [5.74, 6) is -2.04. The lowest BCUT2D eigenvalue weighted by atomic mass is 9.76. The van der Waals surface area contributed by atoms with Crippen LogP contribution in [-0.2, 0) is 30.3 Å². The van der Waals surface area contributed by atoms with Gasteiger partial charge in [0.25, 0.3) is 0 Å². The molecular formula is C30H38O6. The molecule has 6 heteroatoms. The van der Waals surface area contributed by atoms with Gasteiger partial charge in [-0.3, -0.25) is 14.4 Å². The third-order valence-electron chi connectivity index (χ3n) is 8.71. The molecule has 0 radical (unpaired) electrons. The molecule has 6 nitrogen and oxygen atoms in total. The zero-order chi connectivity index (χ0) is 26.4.